The van der Waals surface area contributed by atoms with E-state index in [4.69, 9.17) is 10.2 Å². The van der Waals surface area contributed by atoms with Gasteiger partial charge in [-0.1, -0.05) is 20.3 Å². The predicted molar refractivity (Wildman–Crippen MR) is 78.8 cm³/mol. The molecule has 1 aromatic rings. The fraction of sp³-hybridized carbons (Fsp3) is 0.750. The molecule has 3 atom stereocenters. The van der Waals surface area contributed by atoms with Crippen LogP contribution >= 0.6 is 0 Å². The van der Waals surface area contributed by atoms with Crippen molar-refractivity contribution in [2.24, 2.45) is 17.6 Å². The number of hydrogen-bond donors (Lipinski definition) is 1. The third-order valence-electron chi connectivity index (χ3n) is 4.63. The number of nitrogens with two attached hydrogens (primary N) is 1. The van der Waals surface area contributed by atoms with Gasteiger partial charge in [0.25, 0.3) is 0 Å². The number of rotatable bonds is 6. The van der Waals surface area contributed by atoms with Gasteiger partial charge in [0.05, 0.1) is 12.8 Å². The van der Waals surface area contributed by atoms with E-state index in [0.717, 1.165) is 31.3 Å². The Bertz CT molecular complexity index is 350. The van der Waals surface area contributed by atoms with Crippen LogP contribution in [-0.2, 0) is 6.54 Å². The first-order chi connectivity index (χ1) is 9.22. The van der Waals surface area contributed by atoms with Crippen LogP contribution in [0.25, 0.3) is 0 Å². The van der Waals surface area contributed by atoms with Gasteiger partial charge in [-0.3, -0.25) is 4.90 Å². The maximum Gasteiger partial charge on any atom is 0.117 e. The molecule has 2 rings (SSSR count). The van der Waals surface area contributed by atoms with Crippen molar-refractivity contribution in [3.63, 3.8) is 0 Å². The smallest absolute Gasteiger partial charge is 0.117 e. The Kier molecular flexibility index (Phi) is 5.46. The molecule has 0 aliphatic heterocycles. The second-order valence-corrected chi connectivity index (χ2v) is 5.92. The van der Waals surface area contributed by atoms with Crippen LogP contribution in [0.5, 0.6) is 0 Å². The van der Waals surface area contributed by atoms with Crippen LogP contribution in [-0.4, -0.2) is 24.0 Å². The molecule has 0 saturated heterocycles. The molecule has 1 aliphatic rings. The standard InChI is InChI=1S/C16H28N2O/c1-3-13-7-8-16(17)14(10-13)11-18(4-2)12-15-6-5-9-19-15/h5-6,9,13-14,16H,3-4,7-8,10-12,17H2,1-2H3. The van der Waals surface area contributed by atoms with E-state index in [1.807, 2.05) is 6.07 Å². The Labute approximate surface area is 117 Å². The van der Waals surface area contributed by atoms with E-state index in [1.54, 1.807) is 6.26 Å². The summed E-state index contributed by atoms with van der Waals surface area (Å²) in [6.07, 6.45) is 6.86. The zero-order chi connectivity index (χ0) is 13.7. The Morgan fingerprint density at radius 2 is 2.21 bits per heavy atom. The molecular weight excluding hydrogens is 236 g/mol. The molecule has 0 radical (unpaired) electrons. The Morgan fingerprint density at radius 1 is 1.37 bits per heavy atom. The third-order valence-corrected chi connectivity index (χ3v) is 4.63. The van der Waals surface area contributed by atoms with E-state index in [2.05, 4.69) is 24.8 Å². The van der Waals surface area contributed by atoms with E-state index < -0.39 is 0 Å². The highest BCUT2D eigenvalue weighted by Gasteiger charge is 2.28. The molecular formula is C16H28N2O. The van der Waals surface area contributed by atoms with Gasteiger partial charge in [0.2, 0.25) is 0 Å². The van der Waals surface area contributed by atoms with Crippen LogP contribution in [0.2, 0.25) is 0 Å². The van der Waals surface area contributed by atoms with Crippen molar-refractivity contribution in [2.75, 3.05) is 13.1 Å². The molecule has 2 N–H and O–H groups in total. The summed E-state index contributed by atoms with van der Waals surface area (Å²) in [6.45, 7) is 7.59. The molecule has 0 amide bonds. The minimum absolute atomic E-state index is 0.383. The first-order valence-electron chi connectivity index (χ1n) is 7.73. The van der Waals surface area contributed by atoms with Gasteiger partial charge in [0.15, 0.2) is 0 Å². The molecule has 1 fully saturated rings. The molecule has 0 bridgehead atoms. The lowest BCUT2D eigenvalue weighted by atomic mass is 9.77. The Morgan fingerprint density at radius 3 is 2.84 bits per heavy atom. The summed E-state index contributed by atoms with van der Waals surface area (Å²) in [5.74, 6) is 2.58. The fourth-order valence-electron chi connectivity index (χ4n) is 3.23. The summed E-state index contributed by atoms with van der Waals surface area (Å²) in [5, 5.41) is 0. The lowest BCUT2D eigenvalue weighted by Crippen LogP contribution is -2.42. The van der Waals surface area contributed by atoms with E-state index in [0.29, 0.717) is 12.0 Å². The SMILES string of the molecule is CCC1CCC(N)C(CN(CC)Cc2ccco2)C1. The van der Waals surface area contributed by atoms with E-state index in [9.17, 15) is 0 Å². The van der Waals surface area contributed by atoms with Gasteiger partial charge in [-0.25, -0.2) is 0 Å². The highest BCUT2D eigenvalue weighted by Crippen LogP contribution is 2.31. The quantitative estimate of drug-likeness (QED) is 0.857. The van der Waals surface area contributed by atoms with Gasteiger partial charge in [-0.05, 0) is 49.8 Å². The van der Waals surface area contributed by atoms with Gasteiger partial charge < -0.3 is 10.2 Å². The Hall–Kier alpha value is -0.800. The highest BCUT2D eigenvalue weighted by molar-refractivity contribution is 4.98. The van der Waals surface area contributed by atoms with Crippen molar-refractivity contribution in [1.29, 1.82) is 0 Å². The van der Waals surface area contributed by atoms with Crippen LogP contribution in [0.4, 0.5) is 0 Å². The summed E-state index contributed by atoms with van der Waals surface area (Å²) >= 11 is 0. The summed E-state index contributed by atoms with van der Waals surface area (Å²) in [7, 11) is 0. The molecule has 108 valence electrons. The monoisotopic (exact) mass is 264 g/mol. The normalized spacial score (nSPS) is 27.9. The molecule has 0 aromatic carbocycles. The van der Waals surface area contributed by atoms with Crippen molar-refractivity contribution in [2.45, 2.75) is 52.1 Å². The van der Waals surface area contributed by atoms with Crippen LogP contribution < -0.4 is 5.73 Å². The maximum absolute atomic E-state index is 6.32. The first kappa shape index (κ1) is 14.6. The molecule has 3 unspecified atom stereocenters. The molecule has 3 nitrogen and oxygen atoms in total. The average Bonchev–Trinajstić information content (AvgIpc) is 2.93. The minimum Gasteiger partial charge on any atom is -0.468 e. The lowest BCUT2D eigenvalue weighted by Gasteiger charge is -2.36. The summed E-state index contributed by atoms with van der Waals surface area (Å²) < 4.78 is 5.45. The van der Waals surface area contributed by atoms with E-state index in [1.165, 1.54) is 25.7 Å². The van der Waals surface area contributed by atoms with Crippen LogP contribution in [0.1, 0.15) is 45.3 Å². The van der Waals surface area contributed by atoms with Crippen molar-refractivity contribution >= 4 is 0 Å². The van der Waals surface area contributed by atoms with Gasteiger partial charge in [0.1, 0.15) is 5.76 Å². The molecule has 1 aromatic heterocycles. The maximum atomic E-state index is 6.32. The van der Waals surface area contributed by atoms with Gasteiger partial charge in [-0.2, -0.15) is 0 Å². The van der Waals surface area contributed by atoms with Crippen LogP contribution in [0.3, 0.4) is 0 Å². The van der Waals surface area contributed by atoms with Crippen molar-refractivity contribution in [3.8, 4) is 0 Å². The van der Waals surface area contributed by atoms with E-state index in [-0.39, 0.29) is 0 Å². The second kappa shape index (κ2) is 7.11. The Balaban J connectivity index is 1.89. The predicted octanol–water partition coefficient (Wildman–Crippen LogP) is 3.26. The summed E-state index contributed by atoms with van der Waals surface area (Å²) in [4.78, 5) is 2.46. The number of nitrogens with zero attached hydrogens (tertiary/aromatic N) is 1. The van der Waals surface area contributed by atoms with Crippen molar-refractivity contribution in [3.05, 3.63) is 24.2 Å². The lowest BCUT2D eigenvalue weighted by molar-refractivity contribution is 0.148. The number of furan rings is 1. The zero-order valence-corrected chi connectivity index (χ0v) is 12.3. The molecule has 0 spiro atoms. The summed E-state index contributed by atoms with van der Waals surface area (Å²) in [6, 6.07) is 4.40. The van der Waals surface area contributed by atoms with E-state index >= 15 is 0 Å². The average molecular weight is 264 g/mol. The minimum atomic E-state index is 0.383. The molecule has 19 heavy (non-hydrogen) atoms. The zero-order valence-electron chi connectivity index (χ0n) is 12.3. The van der Waals surface area contributed by atoms with Gasteiger partial charge >= 0.3 is 0 Å². The second-order valence-electron chi connectivity index (χ2n) is 5.92. The first-order valence-corrected chi connectivity index (χ1v) is 7.73. The molecule has 1 heterocycles. The molecule has 3 heteroatoms. The molecule has 1 aliphatic carbocycles. The third kappa shape index (κ3) is 4.08. The van der Waals surface area contributed by atoms with Crippen LogP contribution in [0.15, 0.2) is 22.8 Å². The van der Waals surface area contributed by atoms with Crippen LogP contribution in [0, 0.1) is 11.8 Å². The van der Waals surface area contributed by atoms with Crippen molar-refractivity contribution in [1.82, 2.24) is 4.90 Å². The van der Waals surface area contributed by atoms with Gasteiger partial charge in [-0.15, -0.1) is 0 Å². The topological polar surface area (TPSA) is 42.4 Å². The molecule has 1 saturated carbocycles. The number of hydrogen-bond acceptors (Lipinski definition) is 3. The highest BCUT2D eigenvalue weighted by atomic mass is 16.3. The fourth-order valence-corrected chi connectivity index (χ4v) is 3.23. The summed E-state index contributed by atoms with van der Waals surface area (Å²) in [5.41, 5.74) is 6.32. The van der Waals surface area contributed by atoms with Gasteiger partial charge in [0, 0.05) is 12.6 Å². The largest absolute Gasteiger partial charge is 0.468 e. The van der Waals surface area contributed by atoms with Crippen molar-refractivity contribution < 1.29 is 4.42 Å².